The molecule has 104 valence electrons. The summed E-state index contributed by atoms with van der Waals surface area (Å²) >= 11 is 1.86. The molecule has 18 heavy (non-hydrogen) atoms. The molecule has 6 nitrogen and oxygen atoms in total. The summed E-state index contributed by atoms with van der Waals surface area (Å²) in [5, 5.41) is 23.3. The van der Waals surface area contributed by atoms with E-state index in [-0.39, 0.29) is 12.6 Å². The molecule has 0 spiro atoms. The normalized spacial score (nSPS) is 25.2. The fourth-order valence-electron chi connectivity index (χ4n) is 1.96. The molecule has 2 amide bonds. The number of nitrogens with one attached hydrogen (secondary N) is 2. The van der Waals surface area contributed by atoms with Crippen LogP contribution in [0.25, 0.3) is 0 Å². The molecule has 0 unspecified atom stereocenters. The molecule has 0 bridgehead atoms. The van der Waals surface area contributed by atoms with Crippen LogP contribution in [0.2, 0.25) is 0 Å². The van der Waals surface area contributed by atoms with Crippen molar-refractivity contribution in [1.82, 2.24) is 10.6 Å². The largest absolute Gasteiger partial charge is 0.479 e. The molecule has 0 aromatic rings. The van der Waals surface area contributed by atoms with Gasteiger partial charge in [-0.1, -0.05) is 0 Å². The minimum absolute atomic E-state index is 0.148. The third-order valence-electron chi connectivity index (χ3n) is 3.08. The van der Waals surface area contributed by atoms with Gasteiger partial charge in [0.1, 0.15) is 0 Å². The highest BCUT2D eigenvalue weighted by molar-refractivity contribution is 7.99. The van der Waals surface area contributed by atoms with Crippen molar-refractivity contribution in [1.29, 1.82) is 0 Å². The van der Waals surface area contributed by atoms with Gasteiger partial charge in [-0.15, -0.1) is 0 Å². The fraction of sp³-hybridized carbons (Fsp3) is 0.818. The van der Waals surface area contributed by atoms with Gasteiger partial charge in [0.05, 0.1) is 6.54 Å². The van der Waals surface area contributed by atoms with Gasteiger partial charge in [0.15, 0.2) is 6.10 Å². The molecule has 1 aliphatic carbocycles. The molecule has 0 aromatic carbocycles. The van der Waals surface area contributed by atoms with E-state index in [0.717, 1.165) is 25.7 Å². The fourth-order valence-corrected chi connectivity index (χ4v) is 2.70. The van der Waals surface area contributed by atoms with E-state index in [2.05, 4.69) is 16.9 Å². The van der Waals surface area contributed by atoms with Gasteiger partial charge in [-0.2, -0.15) is 11.8 Å². The summed E-state index contributed by atoms with van der Waals surface area (Å²) in [4.78, 5) is 21.8. The third-order valence-corrected chi connectivity index (χ3v) is 4.22. The first-order chi connectivity index (χ1) is 8.52. The van der Waals surface area contributed by atoms with Crippen molar-refractivity contribution >= 4 is 23.8 Å². The highest BCUT2D eigenvalue weighted by Gasteiger charge is 2.22. The van der Waals surface area contributed by atoms with Gasteiger partial charge < -0.3 is 20.8 Å². The number of aliphatic carboxylic acids is 1. The second-order valence-electron chi connectivity index (χ2n) is 4.42. The molecule has 7 heteroatoms. The third kappa shape index (κ3) is 5.14. The molecule has 0 heterocycles. The van der Waals surface area contributed by atoms with Crippen LogP contribution < -0.4 is 10.6 Å². The first-order valence-corrected chi connectivity index (χ1v) is 7.29. The number of carboxylic acids is 1. The monoisotopic (exact) mass is 276 g/mol. The SMILES string of the molecule is CSC1CCC(NC(=O)NC[C@H](O)C(=O)O)CC1. The summed E-state index contributed by atoms with van der Waals surface area (Å²) in [6.45, 7) is -0.276. The maximum absolute atomic E-state index is 11.5. The van der Waals surface area contributed by atoms with E-state index in [9.17, 15) is 9.59 Å². The molecule has 0 aliphatic heterocycles. The topological polar surface area (TPSA) is 98.7 Å². The Morgan fingerprint density at radius 1 is 1.33 bits per heavy atom. The lowest BCUT2D eigenvalue weighted by Crippen LogP contribution is -2.46. The number of urea groups is 1. The Labute approximate surface area is 111 Å². The maximum Gasteiger partial charge on any atom is 0.334 e. The number of hydrogen-bond donors (Lipinski definition) is 4. The van der Waals surface area contributed by atoms with Gasteiger partial charge in [-0.05, 0) is 31.9 Å². The van der Waals surface area contributed by atoms with Crippen LogP contribution in [0, 0.1) is 0 Å². The Balaban J connectivity index is 2.19. The number of amides is 2. The smallest absolute Gasteiger partial charge is 0.334 e. The van der Waals surface area contributed by atoms with E-state index >= 15 is 0 Å². The van der Waals surface area contributed by atoms with Crippen LogP contribution in [0.15, 0.2) is 0 Å². The molecule has 0 aromatic heterocycles. The number of thioether (sulfide) groups is 1. The van der Waals surface area contributed by atoms with Crippen molar-refractivity contribution < 1.29 is 19.8 Å². The van der Waals surface area contributed by atoms with E-state index in [1.165, 1.54) is 0 Å². The second-order valence-corrected chi connectivity index (χ2v) is 5.56. The van der Waals surface area contributed by atoms with Gasteiger partial charge >= 0.3 is 12.0 Å². The summed E-state index contributed by atoms with van der Waals surface area (Å²) in [6, 6.07) is -0.265. The molecule has 0 saturated heterocycles. The van der Waals surface area contributed by atoms with E-state index < -0.39 is 18.1 Å². The van der Waals surface area contributed by atoms with Crippen molar-refractivity contribution in [2.24, 2.45) is 0 Å². The average Bonchev–Trinajstić information content (AvgIpc) is 2.36. The van der Waals surface area contributed by atoms with E-state index in [0.29, 0.717) is 5.25 Å². The molecule has 1 aliphatic rings. The predicted octanol–water partition coefficient (Wildman–Crippen LogP) is 0.405. The first kappa shape index (κ1) is 15.1. The van der Waals surface area contributed by atoms with Crippen molar-refractivity contribution in [3.05, 3.63) is 0 Å². The van der Waals surface area contributed by atoms with Crippen LogP contribution in [0.5, 0.6) is 0 Å². The summed E-state index contributed by atoms with van der Waals surface area (Å²) in [7, 11) is 0. The number of carbonyl (C=O) groups is 2. The quantitative estimate of drug-likeness (QED) is 0.583. The van der Waals surface area contributed by atoms with Crippen molar-refractivity contribution in [3.63, 3.8) is 0 Å². The van der Waals surface area contributed by atoms with E-state index in [1.807, 2.05) is 11.8 Å². The Kier molecular flexibility index (Phi) is 6.28. The highest BCUT2D eigenvalue weighted by atomic mass is 32.2. The lowest BCUT2D eigenvalue weighted by atomic mass is 9.95. The van der Waals surface area contributed by atoms with Crippen LogP contribution in [0.1, 0.15) is 25.7 Å². The highest BCUT2D eigenvalue weighted by Crippen LogP contribution is 2.26. The van der Waals surface area contributed by atoms with Crippen molar-refractivity contribution in [2.75, 3.05) is 12.8 Å². The minimum Gasteiger partial charge on any atom is -0.479 e. The Bertz CT molecular complexity index is 293. The van der Waals surface area contributed by atoms with Gasteiger partial charge in [0.2, 0.25) is 0 Å². The van der Waals surface area contributed by atoms with Crippen LogP contribution in [-0.2, 0) is 4.79 Å². The van der Waals surface area contributed by atoms with Gasteiger partial charge in [0.25, 0.3) is 0 Å². The molecular formula is C11H20N2O4S. The maximum atomic E-state index is 11.5. The molecule has 1 fully saturated rings. The van der Waals surface area contributed by atoms with Gasteiger partial charge in [-0.25, -0.2) is 9.59 Å². The van der Waals surface area contributed by atoms with Crippen LogP contribution in [-0.4, -0.2) is 52.4 Å². The minimum atomic E-state index is -1.55. The lowest BCUT2D eigenvalue weighted by molar-refractivity contribution is -0.146. The molecule has 1 atom stereocenters. The van der Waals surface area contributed by atoms with E-state index in [1.54, 1.807) is 0 Å². The number of aliphatic hydroxyl groups is 1. The molecule has 1 rings (SSSR count). The lowest BCUT2D eigenvalue weighted by Gasteiger charge is -2.28. The number of hydrogen-bond acceptors (Lipinski definition) is 4. The average molecular weight is 276 g/mol. The van der Waals surface area contributed by atoms with Crippen LogP contribution >= 0.6 is 11.8 Å². The van der Waals surface area contributed by atoms with Crippen molar-refractivity contribution in [2.45, 2.75) is 43.1 Å². The summed E-state index contributed by atoms with van der Waals surface area (Å²) in [5.74, 6) is -1.34. The van der Waals surface area contributed by atoms with Crippen molar-refractivity contribution in [3.8, 4) is 0 Å². The zero-order valence-corrected chi connectivity index (χ0v) is 11.2. The standard InChI is InChI=1S/C11H20N2O4S/c1-18-8-4-2-7(3-5-8)13-11(17)12-6-9(14)10(15)16/h7-9,14H,2-6H2,1H3,(H,15,16)(H2,12,13,17)/t7?,8?,9-/m0/s1. The number of rotatable bonds is 5. The molecule has 4 N–H and O–H groups in total. The Morgan fingerprint density at radius 2 is 1.94 bits per heavy atom. The summed E-state index contributed by atoms with van der Waals surface area (Å²) in [6.07, 6.45) is 4.61. The number of carbonyl (C=O) groups excluding carboxylic acids is 1. The Morgan fingerprint density at radius 3 is 2.44 bits per heavy atom. The zero-order valence-electron chi connectivity index (χ0n) is 10.4. The van der Waals surface area contributed by atoms with E-state index in [4.69, 9.17) is 10.2 Å². The summed E-state index contributed by atoms with van der Waals surface area (Å²) < 4.78 is 0. The van der Waals surface area contributed by atoms with Crippen LogP contribution in [0.4, 0.5) is 4.79 Å². The Hall–Kier alpha value is -0.950. The molecule has 0 radical (unpaired) electrons. The predicted molar refractivity (Wildman–Crippen MR) is 69.7 cm³/mol. The molecular weight excluding hydrogens is 256 g/mol. The number of aliphatic hydroxyl groups excluding tert-OH is 1. The number of carboxylic acid groups (broad SMARTS) is 1. The van der Waals surface area contributed by atoms with Crippen LogP contribution in [0.3, 0.4) is 0 Å². The van der Waals surface area contributed by atoms with Gasteiger partial charge in [0, 0.05) is 11.3 Å². The zero-order chi connectivity index (χ0) is 13.5. The second kappa shape index (κ2) is 7.48. The first-order valence-electron chi connectivity index (χ1n) is 6.01. The van der Waals surface area contributed by atoms with Gasteiger partial charge in [-0.3, -0.25) is 0 Å². The molecule has 1 saturated carbocycles. The summed E-state index contributed by atoms with van der Waals surface area (Å²) in [5.41, 5.74) is 0.